The van der Waals surface area contributed by atoms with Crippen molar-refractivity contribution in [2.45, 2.75) is 32.4 Å². The number of phenolic OH excluding ortho intramolecular Hbond substituents is 1. The van der Waals surface area contributed by atoms with Crippen molar-refractivity contribution in [3.8, 4) is 17.0 Å². The number of aromatic hydroxyl groups is 1. The molecule has 1 saturated heterocycles. The molecule has 4 heteroatoms. The summed E-state index contributed by atoms with van der Waals surface area (Å²) in [5.41, 5.74) is 6.48. The summed E-state index contributed by atoms with van der Waals surface area (Å²) in [6, 6.07) is 18.1. The Kier molecular flexibility index (Phi) is 5.42. The van der Waals surface area contributed by atoms with Crippen molar-refractivity contribution in [2.75, 3.05) is 13.1 Å². The predicted molar refractivity (Wildman–Crippen MR) is 111 cm³/mol. The van der Waals surface area contributed by atoms with Crippen molar-refractivity contribution in [1.82, 2.24) is 9.88 Å². The Morgan fingerprint density at radius 3 is 2.57 bits per heavy atom. The van der Waals surface area contributed by atoms with Crippen molar-refractivity contribution in [2.24, 2.45) is 0 Å². The maximum absolute atomic E-state index is 9.71. The number of aliphatic hydroxyl groups is 1. The molecule has 144 valence electrons. The summed E-state index contributed by atoms with van der Waals surface area (Å²) in [7, 11) is 0. The molecule has 28 heavy (non-hydrogen) atoms. The molecule has 2 N–H and O–H groups in total. The van der Waals surface area contributed by atoms with Crippen LogP contribution in [0.3, 0.4) is 0 Å². The van der Waals surface area contributed by atoms with Gasteiger partial charge in [-0.05, 0) is 66.3 Å². The summed E-state index contributed by atoms with van der Waals surface area (Å²) in [4.78, 5) is 7.02. The number of aliphatic hydroxyl groups excluding tert-OH is 1. The van der Waals surface area contributed by atoms with E-state index >= 15 is 0 Å². The topological polar surface area (TPSA) is 56.6 Å². The van der Waals surface area contributed by atoms with E-state index in [1.165, 1.54) is 11.1 Å². The average molecular weight is 374 g/mol. The summed E-state index contributed by atoms with van der Waals surface area (Å²) in [5, 5.41) is 18.9. The van der Waals surface area contributed by atoms with Crippen LogP contribution in [0.2, 0.25) is 0 Å². The van der Waals surface area contributed by atoms with Gasteiger partial charge < -0.3 is 10.2 Å². The van der Waals surface area contributed by atoms with Gasteiger partial charge in [-0.3, -0.25) is 9.88 Å². The van der Waals surface area contributed by atoms with Gasteiger partial charge in [-0.25, -0.2) is 0 Å². The predicted octanol–water partition coefficient (Wildman–Crippen LogP) is 4.24. The minimum absolute atomic E-state index is 0.0617. The molecular formula is C24H26N2O2. The van der Waals surface area contributed by atoms with E-state index in [0.29, 0.717) is 11.7 Å². The second-order valence-corrected chi connectivity index (χ2v) is 7.67. The van der Waals surface area contributed by atoms with Gasteiger partial charge in [-0.2, -0.15) is 0 Å². The Morgan fingerprint density at radius 2 is 1.82 bits per heavy atom. The van der Waals surface area contributed by atoms with E-state index in [4.69, 9.17) is 0 Å². The second-order valence-electron chi connectivity index (χ2n) is 7.67. The van der Waals surface area contributed by atoms with Crippen LogP contribution < -0.4 is 0 Å². The van der Waals surface area contributed by atoms with Crippen molar-refractivity contribution in [1.29, 1.82) is 0 Å². The molecule has 1 fully saturated rings. The number of benzene rings is 2. The van der Waals surface area contributed by atoms with Crippen LogP contribution in [0, 0.1) is 6.92 Å². The largest absolute Gasteiger partial charge is 0.508 e. The molecule has 0 amide bonds. The van der Waals surface area contributed by atoms with Crippen LogP contribution in [0.5, 0.6) is 5.75 Å². The standard InChI is InChI=1S/C24H26N2O2/c1-17-12-19(4-7-24(17)28)14-26-11-9-22(15-26)21-8-10-25-23(13-21)20-5-2-18(16-27)3-6-20/h2-8,10,12-13,22,27-28H,9,11,14-16H2,1H3/t22-/m0/s1. The van der Waals surface area contributed by atoms with Gasteiger partial charge in [-0.15, -0.1) is 0 Å². The van der Waals surface area contributed by atoms with Gasteiger partial charge in [-0.1, -0.05) is 36.4 Å². The highest BCUT2D eigenvalue weighted by Gasteiger charge is 2.24. The van der Waals surface area contributed by atoms with Crippen LogP contribution in [0.1, 0.15) is 34.6 Å². The number of phenols is 1. The molecule has 4 rings (SSSR count). The summed E-state index contributed by atoms with van der Waals surface area (Å²) in [6.07, 6.45) is 3.04. The monoisotopic (exact) mass is 374 g/mol. The van der Waals surface area contributed by atoms with Gasteiger partial charge >= 0.3 is 0 Å². The first kappa shape index (κ1) is 18.7. The number of likely N-dealkylation sites (tertiary alicyclic amines) is 1. The first-order valence-electron chi connectivity index (χ1n) is 9.79. The van der Waals surface area contributed by atoms with E-state index < -0.39 is 0 Å². The van der Waals surface area contributed by atoms with Crippen molar-refractivity contribution >= 4 is 0 Å². The fourth-order valence-corrected chi connectivity index (χ4v) is 3.96. The van der Waals surface area contributed by atoms with Gasteiger partial charge in [0, 0.05) is 24.8 Å². The quantitative estimate of drug-likeness (QED) is 0.701. The van der Waals surface area contributed by atoms with E-state index in [2.05, 4.69) is 28.1 Å². The number of rotatable bonds is 5. The molecule has 1 aromatic heterocycles. The van der Waals surface area contributed by atoms with Crippen molar-refractivity contribution in [3.63, 3.8) is 0 Å². The molecule has 0 spiro atoms. The molecule has 0 saturated carbocycles. The zero-order valence-corrected chi connectivity index (χ0v) is 16.2. The molecule has 0 aliphatic carbocycles. The first-order valence-corrected chi connectivity index (χ1v) is 9.79. The maximum atomic E-state index is 9.71. The number of aryl methyl sites for hydroxylation is 1. The lowest BCUT2D eigenvalue weighted by molar-refractivity contribution is 0.282. The Balaban J connectivity index is 1.45. The minimum Gasteiger partial charge on any atom is -0.508 e. The normalized spacial score (nSPS) is 17.1. The van der Waals surface area contributed by atoms with E-state index in [0.717, 1.165) is 48.4 Å². The minimum atomic E-state index is 0.0617. The SMILES string of the molecule is Cc1cc(CN2CC[C@H](c3ccnc(-c4ccc(CO)cc4)c3)C2)ccc1O. The van der Waals surface area contributed by atoms with Crippen LogP contribution in [0.25, 0.3) is 11.3 Å². The maximum Gasteiger partial charge on any atom is 0.118 e. The summed E-state index contributed by atoms with van der Waals surface area (Å²) >= 11 is 0. The molecule has 2 heterocycles. The number of nitrogens with zero attached hydrogens (tertiary/aromatic N) is 2. The van der Waals surface area contributed by atoms with Crippen LogP contribution in [0.15, 0.2) is 60.8 Å². The van der Waals surface area contributed by atoms with Gasteiger partial charge in [0.15, 0.2) is 0 Å². The molecule has 2 aromatic carbocycles. The first-order chi connectivity index (χ1) is 13.6. The zero-order valence-electron chi connectivity index (χ0n) is 16.2. The summed E-state index contributed by atoms with van der Waals surface area (Å²) < 4.78 is 0. The Bertz CT molecular complexity index is 953. The van der Waals surface area contributed by atoms with Gasteiger partial charge in [0.2, 0.25) is 0 Å². The van der Waals surface area contributed by atoms with E-state index in [-0.39, 0.29) is 6.61 Å². The highest BCUT2D eigenvalue weighted by molar-refractivity contribution is 5.60. The third kappa shape index (κ3) is 4.08. The van der Waals surface area contributed by atoms with Gasteiger partial charge in [0.1, 0.15) is 5.75 Å². The number of hydrogen-bond donors (Lipinski definition) is 2. The lowest BCUT2D eigenvalue weighted by Gasteiger charge is -2.17. The van der Waals surface area contributed by atoms with Crippen LogP contribution in [-0.2, 0) is 13.2 Å². The second kappa shape index (κ2) is 8.13. The van der Waals surface area contributed by atoms with Gasteiger partial charge in [0.25, 0.3) is 0 Å². The third-order valence-corrected chi connectivity index (χ3v) is 5.63. The van der Waals surface area contributed by atoms with E-state index in [1.54, 1.807) is 6.07 Å². The molecule has 4 nitrogen and oxygen atoms in total. The van der Waals surface area contributed by atoms with E-state index in [1.807, 2.05) is 43.5 Å². The molecule has 0 unspecified atom stereocenters. The molecular weight excluding hydrogens is 348 g/mol. The summed E-state index contributed by atoms with van der Waals surface area (Å²) in [5.74, 6) is 0.871. The van der Waals surface area contributed by atoms with Crippen LogP contribution in [-0.4, -0.2) is 33.2 Å². The highest BCUT2D eigenvalue weighted by Crippen LogP contribution is 2.30. The third-order valence-electron chi connectivity index (χ3n) is 5.63. The smallest absolute Gasteiger partial charge is 0.118 e. The Labute approximate surface area is 166 Å². The fraction of sp³-hybridized carbons (Fsp3) is 0.292. The number of pyridine rings is 1. The Hall–Kier alpha value is -2.69. The lowest BCUT2D eigenvalue weighted by atomic mass is 9.97. The fourth-order valence-electron chi connectivity index (χ4n) is 3.96. The average Bonchev–Trinajstić information content (AvgIpc) is 3.19. The van der Waals surface area contributed by atoms with Crippen LogP contribution in [0.4, 0.5) is 0 Å². The number of aromatic nitrogens is 1. The van der Waals surface area contributed by atoms with E-state index in [9.17, 15) is 10.2 Å². The molecule has 3 aromatic rings. The molecule has 1 atom stereocenters. The number of hydrogen-bond acceptors (Lipinski definition) is 4. The van der Waals surface area contributed by atoms with Crippen molar-refractivity contribution < 1.29 is 10.2 Å². The molecule has 0 bridgehead atoms. The van der Waals surface area contributed by atoms with Crippen LogP contribution >= 0.6 is 0 Å². The zero-order chi connectivity index (χ0) is 19.5. The molecule has 1 aliphatic rings. The van der Waals surface area contributed by atoms with Crippen molar-refractivity contribution in [3.05, 3.63) is 83.0 Å². The summed E-state index contributed by atoms with van der Waals surface area (Å²) in [6.45, 7) is 5.03. The van der Waals surface area contributed by atoms with Gasteiger partial charge in [0.05, 0.1) is 12.3 Å². The lowest BCUT2D eigenvalue weighted by Crippen LogP contribution is -2.19. The Morgan fingerprint density at radius 1 is 1.04 bits per heavy atom. The molecule has 1 aliphatic heterocycles. The highest BCUT2D eigenvalue weighted by atomic mass is 16.3. The molecule has 0 radical (unpaired) electrons.